The average molecular weight is 389 g/mol. The van der Waals surface area contributed by atoms with Gasteiger partial charge in [-0.1, -0.05) is 30.3 Å². The van der Waals surface area contributed by atoms with Gasteiger partial charge in [-0.3, -0.25) is 4.79 Å². The SMILES string of the molecule is Cc1oc2c(C)c3oc(=O)c(CC(=O)NCc4ccccc4)c(C)c3cc2c1C. The molecule has 2 aromatic heterocycles. The molecule has 4 rings (SSSR count). The quantitative estimate of drug-likeness (QED) is 0.517. The maximum absolute atomic E-state index is 12.6. The molecular formula is C24H23NO4. The molecule has 29 heavy (non-hydrogen) atoms. The van der Waals surface area contributed by atoms with Crippen molar-refractivity contribution in [3.63, 3.8) is 0 Å². The van der Waals surface area contributed by atoms with E-state index in [1.54, 1.807) is 0 Å². The van der Waals surface area contributed by atoms with Gasteiger partial charge in [0.1, 0.15) is 16.9 Å². The van der Waals surface area contributed by atoms with E-state index in [1.807, 2.05) is 64.1 Å². The van der Waals surface area contributed by atoms with E-state index in [0.717, 1.165) is 44.4 Å². The van der Waals surface area contributed by atoms with Crippen LogP contribution in [-0.2, 0) is 17.8 Å². The molecule has 0 radical (unpaired) electrons. The van der Waals surface area contributed by atoms with Crippen molar-refractivity contribution in [2.75, 3.05) is 0 Å². The molecule has 0 aliphatic carbocycles. The molecule has 0 aliphatic heterocycles. The van der Waals surface area contributed by atoms with Crippen LogP contribution >= 0.6 is 0 Å². The molecule has 2 heterocycles. The van der Waals surface area contributed by atoms with Gasteiger partial charge < -0.3 is 14.2 Å². The van der Waals surface area contributed by atoms with Crippen molar-refractivity contribution in [1.29, 1.82) is 0 Å². The lowest BCUT2D eigenvalue weighted by Gasteiger charge is -2.10. The van der Waals surface area contributed by atoms with Gasteiger partial charge in [-0.05, 0) is 50.5 Å². The molecule has 1 N–H and O–H groups in total. The van der Waals surface area contributed by atoms with Gasteiger partial charge in [-0.2, -0.15) is 0 Å². The number of carbonyl (C=O) groups excluding carboxylic acids is 1. The Hall–Kier alpha value is -3.34. The molecule has 0 aliphatic rings. The Bertz CT molecular complexity index is 1300. The molecule has 0 spiro atoms. The van der Waals surface area contributed by atoms with Crippen molar-refractivity contribution in [3.05, 3.63) is 80.4 Å². The second-order valence-electron chi connectivity index (χ2n) is 7.47. The molecule has 1 amide bonds. The highest BCUT2D eigenvalue weighted by Crippen LogP contribution is 2.34. The first-order valence-electron chi connectivity index (χ1n) is 9.63. The van der Waals surface area contributed by atoms with Crippen LogP contribution in [0.4, 0.5) is 0 Å². The maximum atomic E-state index is 12.6. The van der Waals surface area contributed by atoms with Gasteiger partial charge in [-0.25, -0.2) is 4.79 Å². The fourth-order valence-corrected chi connectivity index (χ4v) is 3.72. The van der Waals surface area contributed by atoms with Crippen LogP contribution in [-0.4, -0.2) is 5.91 Å². The monoisotopic (exact) mass is 389 g/mol. The molecular weight excluding hydrogens is 366 g/mol. The molecule has 148 valence electrons. The Morgan fingerprint density at radius 1 is 0.897 bits per heavy atom. The van der Waals surface area contributed by atoms with Crippen molar-refractivity contribution in [3.8, 4) is 0 Å². The predicted molar refractivity (Wildman–Crippen MR) is 113 cm³/mol. The Kier molecular flexibility index (Phi) is 4.74. The summed E-state index contributed by atoms with van der Waals surface area (Å²) in [7, 11) is 0. The summed E-state index contributed by atoms with van der Waals surface area (Å²) in [6.07, 6.45) is -0.0164. The summed E-state index contributed by atoms with van der Waals surface area (Å²) in [5.41, 5.74) is 4.81. The van der Waals surface area contributed by atoms with Gasteiger partial charge in [0, 0.05) is 22.9 Å². The number of hydrogen-bond donors (Lipinski definition) is 1. The van der Waals surface area contributed by atoms with Crippen LogP contribution in [0.5, 0.6) is 0 Å². The van der Waals surface area contributed by atoms with E-state index in [-0.39, 0.29) is 12.3 Å². The van der Waals surface area contributed by atoms with Gasteiger partial charge in [0.2, 0.25) is 5.91 Å². The minimum absolute atomic E-state index is 0.0164. The number of fused-ring (bicyclic) bond motifs is 2. The lowest BCUT2D eigenvalue weighted by atomic mass is 9.98. The van der Waals surface area contributed by atoms with Crippen LogP contribution in [0.3, 0.4) is 0 Å². The third-order valence-corrected chi connectivity index (χ3v) is 5.61. The molecule has 0 fully saturated rings. The van der Waals surface area contributed by atoms with E-state index in [4.69, 9.17) is 8.83 Å². The topological polar surface area (TPSA) is 72.5 Å². The fourth-order valence-electron chi connectivity index (χ4n) is 3.72. The summed E-state index contributed by atoms with van der Waals surface area (Å²) in [5, 5.41) is 4.71. The highest BCUT2D eigenvalue weighted by Gasteiger charge is 2.20. The first kappa shape index (κ1) is 19.0. The Balaban J connectivity index is 1.71. The predicted octanol–water partition coefficient (Wildman–Crippen LogP) is 4.63. The second-order valence-corrected chi connectivity index (χ2v) is 7.47. The maximum Gasteiger partial charge on any atom is 0.340 e. The van der Waals surface area contributed by atoms with Crippen LogP contribution in [0.2, 0.25) is 0 Å². The van der Waals surface area contributed by atoms with E-state index in [2.05, 4.69) is 5.32 Å². The van der Waals surface area contributed by atoms with Crippen molar-refractivity contribution in [1.82, 2.24) is 5.32 Å². The number of hydrogen-bond acceptors (Lipinski definition) is 4. The fraction of sp³-hybridized carbons (Fsp3) is 0.250. The van der Waals surface area contributed by atoms with Crippen molar-refractivity contribution >= 4 is 27.8 Å². The standard InChI is InChI=1S/C24H23NO4/c1-13-16(4)28-22-15(3)23-19(10-18(13)22)14(2)20(24(27)29-23)11-21(26)25-12-17-8-6-5-7-9-17/h5-10H,11-12H2,1-4H3,(H,25,26). The Morgan fingerprint density at radius 3 is 2.28 bits per heavy atom. The van der Waals surface area contributed by atoms with Gasteiger partial charge in [0.15, 0.2) is 0 Å². The van der Waals surface area contributed by atoms with Crippen LogP contribution in [0, 0.1) is 27.7 Å². The number of rotatable bonds is 4. The zero-order valence-corrected chi connectivity index (χ0v) is 17.0. The lowest BCUT2D eigenvalue weighted by Crippen LogP contribution is -2.27. The molecule has 0 saturated heterocycles. The van der Waals surface area contributed by atoms with Crippen molar-refractivity contribution in [2.45, 2.75) is 40.7 Å². The molecule has 0 bridgehead atoms. The van der Waals surface area contributed by atoms with E-state index >= 15 is 0 Å². The first-order valence-corrected chi connectivity index (χ1v) is 9.63. The van der Waals surface area contributed by atoms with Crippen LogP contribution in [0.15, 0.2) is 50.0 Å². The summed E-state index contributed by atoms with van der Waals surface area (Å²) >= 11 is 0. The lowest BCUT2D eigenvalue weighted by molar-refractivity contribution is -0.120. The summed E-state index contributed by atoms with van der Waals surface area (Å²) in [5.74, 6) is 0.635. The minimum Gasteiger partial charge on any atom is -0.461 e. The molecule has 0 saturated carbocycles. The number of carbonyl (C=O) groups is 1. The van der Waals surface area contributed by atoms with Crippen LogP contribution < -0.4 is 10.9 Å². The summed E-state index contributed by atoms with van der Waals surface area (Å²) in [4.78, 5) is 25.1. The minimum atomic E-state index is -0.479. The summed E-state index contributed by atoms with van der Waals surface area (Å²) in [6.45, 7) is 8.11. The first-order chi connectivity index (χ1) is 13.9. The smallest absolute Gasteiger partial charge is 0.340 e. The van der Waals surface area contributed by atoms with Crippen molar-refractivity contribution in [2.24, 2.45) is 0 Å². The third-order valence-electron chi connectivity index (χ3n) is 5.61. The summed E-state index contributed by atoms with van der Waals surface area (Å²) in [6, 6.07) is 11.7. The zero-order chi connectivity index (χ0) is 20.7. The molecule has 0 atom stereocenters. The Morgan fingerprint density at radius 2 is 1.55 bits per heavy atom. The van der Waals surface area contributed by atoms with E-state index in [9.17, 15) is 9.59 Å². The molecule has 5 nitrogen and oxygen atoms in total. The zero-order valence-electron chi connectivity index (χ0n) is 17.0. The second kappa shape index (κ2) is 7.24. The van der Waals surface area contributed by atoms with Gasteiger partial charge >= 0.3 is 5.63 Å². The molecule has 5 heteroatoms. The average Bonchev–Trinajstić information content (AvgIpc) is 3.00. The number of benzene rings is 2. The summed E-state index contributed by atoms with van der Waals surface area (Å²) < 4.78 is 11.5. The van der Waals surface area contributed by atoms with Crippen LogP contribution in [0.1, 0.15) is 33.6 Å². The number of aryl methyl sites for hydroxylation is 4. The normalized spacial score (nSPS) is 11.3. The number of nitrogens with one attached hydrogen (secondary N) is 1. The third kappa shape index (κ3) is 3.33. The molecule has 2 aromatic carbocycles. The van der Waals surface area contributed by atoms with Crippen molar-refractivity contribution < 1.29 is 13.6 Å². The molecule has 0 unspecified atom stereocenters. The van der Waals surface area contributed by atoms with E-state index in [1.165, 1.54) is 0 Å². The highest BCUT2D eigenvalue weighted by molar-refractivity contribution is 6.00. The largest absolute Gasteiger partial charge is 0.461 e. The van der Waals surface area contributed by atoms with Crippen LogP contribution in [0.25, 0.3) is 21.9 Å². The number of amides is 1. The van der Waals surface area contributed by atoms with Gasteiger partial charge in [0.25, 0.3) is 0 Å². The van der Waals surface area contributed by atoms with E-state index in [0.29, 0.717) is 17.7 Å². The molecule has 4 aromatic rings. The van der Waals surface area contributed by atoms with Gasteiger partial charge in [-0.15, -0.1) is 0 Å². The van der Waals surface area contributed by atoms with Gasteiger partial charge in [0.05, 0.1) is 12.0 Å². The number of furan rings is 1. The highest BCUT2D eigenvalue weighted by atomic mass is 16.4. The Labute approximate surface area is 168 Å². The van der Waals surface area contributed by atoms with E-state index < -0.39 is 5.63 Å².